The van der Waals surface area contributed by atoms with E-state index in [2.05, 4.69) is 0 Å². The van der Waals surface area contributed by atoms with Gasteiger partial charge in [0.05, 0.1) is 0 Å². The molecule has 1 aliphatic rings. The molecular formula is C10H12O5. The van der Waals surface area contributed by atoms with Crippen molar-refractivity contribution in [2.24, 2.45) is 0 Å². The Bertz CT molecular complexity index is 319. The number of allylic oxidation sites excluding steroid dienone is 2. The van der Waals surface area contributed by atoms with E-state index in [9.17, 15) is 9.59 Å². The van der Waals surface area contributed by atoms with Crippen LogP contribution in [-0.4, -0.2) is 34.4 Å². The fourth-order valence-corrected chi connectivity index (χ4v) is 1.60. The first kappa shape index (κ1) is 11.5. The second-order valence-electron chi connectivity index (χ2n) is 3.06. The summed E-state index contributed by atoms with van der Waals surface area (Å²) in [4.78, 5) is 21.6. The third kappa shape index (κ3) is 1.92. The number of carboxylic acid groups (broad SMARTS) is 2. The predicted molar refractivity (Wildman–Crippen MR) is 51.4 cm³/mol. The number of carbonyl (C=O) groups is 2. The van der Waals surface area contributed by atoms with Gasteiger partial charge in [-0.3, -0.25) is 0 Å². The van der Waals surface area contributed by atoms with Crippen molar-refractivity contribution in [3.63, 3.8) is 0 Å². The van der Waals surface area contributed by atoms with Gasteiger partial charge in [0, 0.05) is 0 Å². The summed E-state index contributed by atoms with van der Waals surface area (Å²) in [6.45, 7) is 3.31. The molecule has 0 aromatic heterocycles. The Balaban J connectivity index is 3.13. The van der Waals surface area contributed by atoms with Gasteiger partial charge in [-0.05, 0) is 25.0 Å². The summed E-state index contributed by atoms with van der Waals surface area (Å²) in [5.41, 5.74) is 0.829. The summed E-state index contributed by atoms with van der Waals surface area (Å²) in [7, 11) is 0. The van der Waals surface area contributed by atoms with E-state index in [0.717, 1.165) is 0 Å². The molecule has 0 radical (unpaired) electrons. The van der Waals surface area contributed by atoms with E-state index in [4.69, 9.17) is 14.9 Å². The molecule has 2 N–H and O–H groups in total. The Morgan fingerprint density at radius 1 is 1.07 bits per heavy atom. The second kappa shape index (κ2) is 4.27. The smallest absolute Gasteiger partial charge is 0.337 e. The van der Waals surface area contributed by atoms with Gasteiger partial charge in [0.2, 0.25) is 0 Å². The highest BCUT2D eigenvalue weighted by Gasteiger charge is 2.42. The molecule has 1 saturated heterocycles. The monoisotopic (exact) mass is 212 g/mol. The summed E-state index contributed by atoms with van der Waals surface area (Å²) in [6.07, 6.45) is 0.776. The van der Waals surface area contributed by atoms with Crippen molar-refractivity contribution in [2.45, 2.75) is 26.1 Å². The summed E-state index contributed by atoms with van der Waals surface area (Å²) in [6, 6.07) is 0. The number of hydrogen-bond donors (Lipinski definition) is 2. The van der Waals surface area contributed by atoms with E-state index >= 15 is 0 Å². The van der Waals surface area contributed by atoms with Crippen LogP contribution in [0.15, 0.2) is 23.3 Å². The van der Waals surface area contributed by atoms with E-state index in [1.807, 2.05) is 0 Å². The van der Waals surface area contributed by atoms with Gasteiger partial charge in [-0.2, -0.15) is 0 Å². The highest BCUT2D eigenvalue weighted by atomic mass is 16.5. The average molecular weight is 212 g/mol. The Morgan fingerprint density at radius 2 is 1.40 bits per heavy atom. The molecule has 0 aliphatic carbocycles. The molecule has 1 fully saturated rings. The predicted octanol–water partition coefficient (Wildman–Crippen LogP) is 0.816. The Hall–Kier alpha value is -1.62. The fourth-order valence-electron chi connectivity index (χ4n) is 1.60. The van der Waals surface area contributed by atoms with Crippen LogP contribution in [0.25, 0.3) is 0 Å². The second-order valence-corrected chi connectivity index (χ2v) is 3.06. The molecule has 0 bridgehead atoms. The SMILES string of the molecule is CC=C1C(=CC)C(C(=O)O)OC1C(=O)O. The van der Waals surface area contributed by atoms with Gasteiger partial charge in [-0.15, -0.1) is 0 Å². The lowest BCUT2D eigenvalue weighted by Gasteiger charge is -2.04. The molecule has 2 unspecified atom stereocenters. The molecule has 0 aromatic carbocycles. The largest absolute Gasteiger partial charge is 0.479 e. The fraction of sp³-hybridized carbons (Fsp3) is 0.400. The van der Waals surface area contributed by atoms with Crippen molar-refractivity contribution < 1.29 is 24.5 Å². The van der Waals surface area contributed by atoms with Gasteiger partial charge in [-0.25, -0.2) is 9.59 Å². The van der Waals surface area contributed by atoms with Crippen molar-refractivity contribution in [3.8, 4) is 0 Å². The van der Waals surface area contributed by atoms with E-state index < -0.39 is 24.1 Å². The van der Waals surface area contributed by atoms with Crippen LogP contribution in [0.5, 0.6) is 0 Å². The van der Waals surface area contributed by atoms with E-state index in [0.29, 0.717) is 11.1 Å². The van der Waals surface area contributed by atoms with Crippen molar-refractivity contribution >= 4 is 11.9 Å². The first-order valence-electron chi connectivity index (χ1n) is 4.46. The minimum Gasteiger partial charge on any atom is -0.479 e. The Kier molecular flexibility index (Phi) is 3.26. The highest BCUT2D eigenvalue weighted by Crippen LogP contribution is 2.31. The minimum atomic E-state index is -1.18. The van der Waals surface area contributed by atoms with Crippen LogP contribution in [0, 0.1) is 0 Å². The van der Waals surface area contributed by atoms with E-state index in [1.165, 1.54) is 0 Å². The van der Waals surface area contributed by atoms with Gasteiger partial charge in [-0.1, -0.05) is 12.2 Å². The molecule has 0 spiro atoms. The van der Waals surface area contributed by atoms with Crippen molar-refractivity contribution in [3.05, 3.63) is 23.3 Å². The zero-order chi connectivity index (χ0) is 11.6. The molecule has 82 valence electrons. The van der Waals surface area contributed by atoms with Crippen LogP contribution in [0.2, 0.25) is 0 Å². The topological polar surface area (TPSA) is 83.8 Å². The minimum absolute atomic E-state index is 0.414. The van der Waals surface area contributed by atoms with Crippen molar-refractivity contribution in [1.82, 2.24) is 0 Å². The molecular weight excluding hydrogens is 200 g/mol. The Labute approximate surface area is 86.7 Å². The number of carboxylic acids is 2. The third-order valence-corrected chi connectivity index (χ3v) is 2.24. The van der Waals surface area contributed by atoms with Crippen molar-refractivity contribution in [1.29, 1.82) is 0 Å². The molecule has 5 heteroatoms. The molecule has 0 saturated carbocycles. The number of hydrogen-bond acceptors (Lipinski definition) is 3. The summed E-state index contributed by atoms with van der Waals surface area (Å²) in [5, 5.41) is 17.7. The van der Waals surface area contributed by atoms with Gasteiger partial charge in [0.1, 0.15) is 0 Å². The highest BCUT2D eigenvalue weighted by molar-refractivity contribution is 5.86. The van der Waals surface area contributed by atoms with Crippen LogP contribution in [0.3, 0.4) is 0 Å². The van der Waals surface area contributed by atoms with E-state index in [1.54, 1.807) is 26.0 Å². The standard InChI is InChI=1S/C10H12O5/c1-3-5-6(4-2)8(10(13)14)15-7(5)9(11)12/h3-4,7-8H,1-2H3,(H,11,12)(H,13,14). The lowest BCUT2D eigenvalue weighted by Crippen LogP contribution is -2.25. The maximum Gasteiger partial charge on any atom is 0.337 e. The normalized spacial score (nSPS) is 31.1. The maximum absolute atomic E-state index is 10.8. The molecule has 5 nitrogen and oxygen atoms in total. The maximum atomic E-state index is 10.8. The summed E-state index contributed by atoms with van der Waals surface area (Å²) in [5.74, 6) is -2.35. The first-order valence-corrected chi connectivity index (χ1v) is 4.46. The molecule has 1 heterocycles. The molecule has 15 heavy (non-hydrogen) atoms. The number of ether oxygens (including phenoxy) is 1. The van der Waals surface area contributed by atoms with Crippen LogP contribution < -0.4 is 0 Å². The zero-order valence-electron chi connectivity index (χ0n) is 8.43. The molecule has 2 atom stereocenters. The van der Waals surface area contributed by atoms with E-state index in [-0.39, 0.29) is 0 Å². The average Bonchev–Trinajstić information content (AvgIpc) is 2.55. The van der Waals surface area contributed by atoms with Crippen molar-refractivity contribution in [2.75, 3.05) is 0 Å². The quantitative estimate of drug-likeness (QED) is 0.707. The van der Waals surface area contributed by atoms with Crippen LogP contribution in [0.4, 0.5) is 0 Å². The molecule has 0 aromatic rings. The summed E-state index contributed by atoms with van der Waals surface area (Å²) >= 11 is 0. The van der Waals surface area contributed by atoms with Crippen LogP contribution in [-0.2, 0) is 14.3 Å². The van der Waals surface area contributed by atoms with Gasteiger partial charge < -0.3 is 14.9 Å². The number of rotatable bonds is 2. The van der Waals surface area contributed by atoms with Gasteiger partial charge >= 0.3 is 11.9 Å². The summed E-state index contributed by atoms with van der Waals surface area (Å²) < 4.78 is 4.96. The third-order valence-electron chi connectivity index (χ3n) is 2.24. The van der Waals surface area contributed by atoms with Gasteiger partial charge in [0.25, 0.3) is 0 Å². The molecule has 1 aliphatic heterocycles. The lowest BCUT2D eigenvalue weighted by atomic mass is 9.99. The molecule has 1 rings (SSSR count). The van der Waals surface area contributed by atoms with Gasteiger partial charge in [0.15, 0.2) is 12.2 Å². The Morgan fingerprint density at radius 3 is 1.60 bits per heavy atom. The zero-order valence-corrected chi connectivity index (χ0v) is 8.43. The first-order chi connectivity index (χ1) is 7.02. The van der Waals surface area contributed by atoms with Crippen LogP contribution >= 0.6 is 0 Å². The molecule has 0 amide bonds. The van der Waals surface area contributed by atoms with Crippen LogP contribution in [0.1, 0.15) is 13.8 Å². The number of aliphatic carboxylic acids is 2. The lowest BCUT2D eigenvalue weighted by molar-refractivity contribution is -0.155.